The molecule has 1 aromatic heterocycles. The van der Waals surface area contributed by atoms with Crippen LogP contribution in [0.3, 0.4) is 0 Å². The van der Waals surface area contributed by atoms with Crippen LogP contribution in [0.4, 0.5) is 0 Å². The highest BCUT2D eigenvalue weighted by molar-refractivity contribution is 5.81. The average molecular weight is 279 g/mol. The number of nitrogens with one attached hydrogen (secondary N) is 1. The number of hydrogen-bond donors (Lipinski definition) is 1. The predicted molar refractivity (Wildman–Crippen MR) is 87.1 cm³/mol. The average Bonchev–Trinajstić information content (AvgIpc) is 2.82. The molecule has 21 heavy (non-hydrogen) atoms. The number of fused-ring (bicyclic) bond motifs is 1. The van der Waals surface area contributed by atoms with Crippen molar-refractivity contribution < 1.29 is 0 Å². The van der Waals surface area contributed by atoms with E-state index in [0.29, 0.717) is 6.04 Å². The molecule has 3 nitrogen and oxygen atoms in total. The molecule has 3 aromatic rings. The molecule has 3 heteroatoms. The lowest BCUT2D eigenvalue weighted by atomic mass is 10.0. The van der Waals surface area contributed by atoms with Gasteiger partial charge in [0.25, 0.3) is 0 Å². The van der Waals surface area contributed by atoms with Crippen LogP contribution in [0.1, 0.15) is 29.8 Å². The lowest BCUT2D eigenvalue weighted by Gasteiger charge is -2.15. The summed E-state index contributed by atoms with van der Waals surface area (Å²) in [6.07, 6.45) is 0. The summed E-state index contributed by atoms with van der Waals surface area (Å²) < 4.78 is 1.95. The minimum Gasteiger partial charge on any atom is -0.304 e. The Labute approximate surface area is 125 Å². The summed E-state index contributed by atoms with van der Waals surface area (Å²) in [7, 11) is 2.00. The van der Waals surface area contributed by atoms with Crippen molar-refractivity contribution in [3.8, 4) is 0 Å². The fourth-order valence-corrected chi connectivity index (χ4v) is 2.85. The van der Waals surface area contributed by atoms with E-state index in [-0.39, 0.29) is 0 Å². The zero-order chi connectivity index (χ0) is 14.8. The minimum atomic E-state index is 0.312. The maximum absolute atomic E-state index is 4.63. The second-order valence-corrected chi connectivity index (χ2v) is 5.55. The third-order valence-corrected chi connectivity index (χ3v) is 4.06. The minimum absolute atomic E-state index is 0.312. The van der Waals surface area contributed by atoms with Gasteiger partial charge in [-0.05, 0) is 31.0 Å². The number of hydrogen-bond acceptors (Lipinski definition) is 2. The number of para-hydroxylation sites is 1. The first kappa shape index (κ1) is 13.8. The van der Waals surface area contributed by atoms with E-state index in [1.807, 2.05) is 11.7 Å². The van der Waals surface area contributed by atoms with Crippen molar-refractivity contribution in [1.82, 2.24) is 15.1 Å². The van der Waals surface area contributed by atoms with Crippen molar-refractivity contribution in [1.29, 1.82) is 0 Å². The van der Waals surface area contributed by atoms with E-state index < -0.39 is 0 Å². The van der Waals surface area contributed by atoms with Gasteiger partial charge in [0.1, 0.15) is 0 Å². The maximum atomic E-state index is 4.63. The molecule has 0 saturated heterocycles. The van der Waals surface area contributed by atoms with Gasteiger partial charge in [0.05, 0.1) is 11.2 Å². The second kappa shape index (κ2) is 5.70. The van der Waals surface area contributed by atoms with E-state index >= 15 is 0 Å². The Bertz CT molecular complexity index is 758. The molecule has 0 fully saturated rings. The van der Waals surface area contributed by atoms with Crippen LogP contribution in [0.2, 0.25) is 0 Å². The first-order valence-electron chi connectivity index (χ1n) is 7.36. The summed E-state index contributed by atoms with van der Waals surface area (Å²) in [5.74, 6) is 0. The van der Waals surface area contributed by atoms with Gasteiger partial charge in [-0.2, -0.15) is 5.10 Å². The summed E-state index contributed by atoms with van der Waals surface area (Å²) in [6.45, 7) is 5.13. The van der Waals surface area contributed by atoms with Crippen LogP contribution >= 0.6 is 0 Å². The normalized spacial score (nSPS) is 12.7. The molecule has 1 heterocycles. The van der Waals surface area contributed by atoms with Crippen molar-refractivity contribution in [2.24, 2.45) is 7.05 Å². The molecule has 0 amide bonds. The van der Waals surface area contributed by atoms with Crippen LogP contribution in [0.15, 0.2) is 48.5 Å². The third kappa shape index (κ3) is 2.69. The summed E-state index contributed by atoms with van der Waals surface area (Å²) in [4.78, 5) is 0. The number of aryl methyl sites for hydroxylation is 2. The molecular weight excluding hydrogens is 258 g/mol. The second-order valence-electron chi connectivity index (χ2n) is 5.55. The molecule has 1 atom stereocenters. The standard InChI is InChI=1S/C18H21N3/c1-13-8-4-5-9-15(13)14(2)19-12-17-16-10-6-7-11-18(16)21(3)20-17/h4-11,14,19H,12H2,1-3H3/t14-/m1/s1. The molecule has 0 unspecified atom stereocenters. The van der Waals surface area contributed by atoms with Crippen LogP contribution in [0, 0.1) is 6.92 Å². The number of nitrogens with zero attached hydrogens (tertiary/aromatic N) is 2. The molecule has 1 N–H and O–H groups in total. The van der Waals surface area contributed by atoms with Crippen LogP contribution in [-0.4, -0.2) is 9.78 Å². The van der Waals surface area contributed by atoms with Gasteiger partial charge in [-0.15, -0.1) is 0 Å². The Kier molecular flexibility index (Phi) is 3.76. The van der Waals surface area contributed by atoms with E-state index in [2.05, 4.69) is 72.8 Å². The lowest BCUT2D eigenvalue weighted by Crippen LogP contribution is -2.19. The first-order valence-corrected chi connectivity index (χ1v) is 7.36. The van der Waals surface area contributed by atoms with Gasteiger partial charge in [0, 0.05) is 25.0 Å². The third-order valence-electron chi connectivity index (χ3n) is 4.06. The molecule has 0 aliphatic heterocycles. The SMILES string of the molecule is Cc1ccccc1[C@@H](C)NCc1nn(C)c2ccccc12. The maximum Gasteiger partial charge on any atom is 0.0841 e. The van der Waals surface area contributed by atoms with Gasteiger partial charge in [-0.25, -0.2) is 0 Å². The van der Waals surface area contributed by atoms with Crippen molar-refractivity contribution in [2.75, 3.05) is 0 Å². The van der Waals surface area contributed by atoms with Gasteiger partial charge in [0.2, 0.25) is 0 Å². The molecule has 0 aliphatic carbocycles. The molecule has 2 aromatic carbocycles. The monoisotopic (exact) mass is 279 g/mol. The van der Waals surface area contributed by atoms with Crippen molar-refractivity contribution in [3.05, 3.63) is 65.4 Å². The predicted octanol–water partition coefficient (Wildman–Crippen LogP) is 3.73. The topological polar surface area (TPSA) is 29.9 Å². The smallest absolute Gasteiger partial charge is 0.0841 e. The molecule has 0 aliphatic rings. The molecule has 0 radical (unpaired) electrons. The van der Waals surface area contributed by atoms with Crippen molar-refractivity contribution in [2.45, 2.75) is 26.4 Å². The fourth-order valence-electron chi connectivity index (χ4n) is 2.85. The lowest BCUT2D eigenvalue weighted by molar-refractivity contribution is 0.561. The molecular formula is C18H21N3. The van der Waals surface area contributed by atoms with Gasteiger partial charge in [-0.1, -0.05) is 42.5 Å². The van der Waals surface area contributed by atoms with Crippen molar-refractivity contribution in [3.63, 3.8) is 0 Å². The van der Waals surface area contributed by atoms with Crippen LogP contribution in [0.25, 0.3) is 10.9 Å². The molecule has 3 rings (SSSR count). The van der Waals surface area contributed by atoms with E-state index in [4.69, 9.17) is 0 Å². The first-order chi connectivity index (χ1) is 10.2. The summed E-state index contributed by atoms with van der Waals surface area (Å²) in [5, 5.41) is 9.44. The van der Waals surface area contributed by atoms with Gasteiger partial charge in [-0.3, -0.25) is 4.68 Å². The molecule has 108 valence electrons. The van der Waals surface area contributed by atoms with Crippen LogP contribution in [-0.2, 0) is 13.6 Å². The summed E-state index contributed by atoms with van der Waals surface area (Å²) in [6, 6.07) is 17.2. The number of aromatic nitrogens is 2. The Morgan fingerprint density at radius 3 is 2.62 bits per heavy atom. The van der Waals surface area contributed by atoms with Crippen molar-refractivity contribution >= 4 is 10.9 Å². The highest BCUT2D eigenvalue weighted by atomic mass is 15.3. The molecule has 0 spiro atoms. The van der Waals surface area contributed by atoms with Crippen LogP contribution < -0.4 is 5.32 Å². The largest absolute Gasteiger partial charge is 0.304 e. The molecule has 0 bridgehead atoms. The zero-order valence-electron chi connectivity index (χ0n) is 12.8. The van der Waals surface area contributed by atoms with Gasteiger partial charge in [0.15, 0.2) is 0 Å². The van der Waals surface area contributed by atoms with Gasteiger partial charge < -0.3 is 5.32 Å². The number of benzene rings is 2. The van der Waals surface area contributed by atoms with E-state index in [1.54, 1.807) is 0 Å². The highest BCUT2D eigenvalue weighted by Gasteiger charge is 2.11. The molecule has 0 saturated carbocycles. The quantitative estimate of drug-likeness (QED) is 0.788. The van der Waals surface area contributed by atoms with E-state index in [9.17, 15) is 0 Å². The van der Waals surface area contributed by atoms with E-state index in [1.165, 1.54) is 22.0 Å². The Balaban J connectivity index is 1.79. The Hall–Kier alpha value is -2.13. The summed E-state index contributed by atoms with van der Waals surface area (Å²) >= 11 is 0. The van der Waals surface area contributed by atoms with Gasteiger partial charge >= 0.3 is 0 Å². The number of rotatable bonds is 4. The zero-order valence-corrected chi connectivity index (χ0v) is 12.8. The Morgan fingerprint density at radius 1 is 1.10 bits per heavy atom. The van der Waals surface area contributed by atoms with E-state index in [0.717, 1.165) is 12.2 Å². The fraction of sp³-hybridized carbons (Fsp3) is 0.278. The highest BCUT2D eigenvalue weighted by Crippen LogP contribution is 2.20. The Morgan fingerprint density at radius 2 is 1.81 bits per heavy atom. The summed E-state index contributed by atoms with van der Waals surface area (Å²) in [5.41, 5.74) is 4.95. The van der Waals surface area contributed by atoms with Crippen LogP contribution in [0.5, 0.6) is 0 Å².